The lowest BCUT2D eigenvalue weighted by Crippen LogP contribution is -2.63. The third kappa shape index (κ3) is 27.8. The van der Waals surface area contributed by atoms with Crippen LogP contribution in [0, 0.1) is 90.2 Å². The minimum Gasteiger partial charge on any atom is -0.363 e. The van der Waals surface area contributed by atoms with Gasteiger partial charge in [-0.2, -0.15) is 0 Å². The van der Waals surface area contributed by atoms with Crippen molar-refractivity contribution in [3.05, 3.63) is 12.7 Å². The van der Waals surface area contributed by atoms with Crippen LogP contribution in [0.4, 0.5) is 14.4 Å². The summed E-state index contributed by atoms with van der Waals surface area (Å²) in [5.41, 5.74) is 6.08. The predicted octanol–water partition coefficient (Wildman–Crippen LogP) is 6.03. The highest BCUT2D eigenvalue weighted by Gasteiger charge is 2.73. The number of unbranched alkanes of at least 4 members (excludes halogenated alkanes) is 1. The number of urea groups is 3. The Morgan fingerprint density at radius 2 is 0.652 bits per heavy atom. The molecule has 6 aliphatic heterocycles. The van der Waals surface area contributed by atoms with Crippen LogP contribution in [-0.2, 0) is 86.3 Å². The molecule has 0 radical (unpaired) electrons. The highest BCUT2D eigenvalue weighted by atomic mass is 16.2. The number of carbonyl (C=O) groups excluding carboxylic acids is 21. The van der Waals surface area contributed by atoms with Gasteiger partial charge in [0.1, 0.15) is 36.3 Å². The van der Waals surface area contributed by atoms with Crippen molar-refractivity contribution in [1.82, 2.24) is 82.6 Å². The Bertz CT molecular complexity index is 4750. The van der Waals surface area contributed by atoms with Crippen molar-refractivity contribution in [2.75, 3.05) is 45.8 Å². The second-order valence-corrected chi connectivity index (χ2v) is 48.9. The molecule has 6 heterocycles. The lowest BCUT2D eigenvalue weighted by atomic mass is 9.80. The molecule has 10 fully saturated rings. The maximum absolute atomic E-state index is 14.3. The minimum atomic E-state index is -1.13. The first-order chi connectivity index (χ1) is 64.9. The quantitative estimate of drug-likeness (QED) is 0.0194. The van der Waals surface area contributed by atoms with Crippen LogP contribution >= 0.6 is 0 Å². The van der Waals surface area contributed by atoms with Gasteiger partial charge in [-0.1, -0.05) is 225 Å². The summed E-state index contributed by atoms with van der Waals surface area (Å²) in [6, 6.07) is -12.7. The number of Topliss-reactive ketones (excluding diaryl/α,β-unsaturated/α-hetero) is 3. The van der Waals surface area contributed by atoms with Crippen LogP contribution in [0.2, 0.25) is 0 Å². The molecule has 788 valence electrons. The number of likely N-dealkylation sites (tertiary alicyclic amines) is 6. The molecule has 14 N–H and O–H groups in total. The molecule has 10 rings (SSSR count). The minimum absolute atomic E-state index is 0.0127. The van der Waals surface area contributed by atoms with Crippen molar-refractivity contribution in [3.63, 3.8) is 0 Å². The van der Waals surface area contributed by atoms with E-state index in [1.807, 2.05) is 180 Å². The molecule has 6 saturated heterocycles. The molecule has 4 saturated carbocycles. The van der Waals surface area contributed by atoms with Crippen LogP contribution in [0.1, 0.15) is 296 Å². The molecule has 0 aromatic rings. The number of nitrogens with two attached hydrogens (primary N) is 2. The molecule has 0 aromatic carbocycles. The van der Waals surface area contributed by atoms with Crippen LogP contribution < -0.4 is 64.6 Å². The first-order valence-corrected chi connectivity index (χ1v) is 50.6. The van der Waals surface area contributed by atoms with E-state index < -0.39 is 194 Å². The van der Waals surface area contributed by atoms with E-state index >= 15 is 0 Å². The summed E-state index contributed by atoms with van der Waals surface area (Å²) >= 11 is 0. The Kier molecular flexibility index (Phi) is 36.9. The van der Waals surface area contributed by atoms with Gasteiger partial charge >= 0.3 is 18.1 Å². The van der Waals surface area contributed by atoms with Gasteiger partial charge in [0.25, 0.3) is 17.7 Å². The first-order valence-electron chi connectivity index (χ1n) is 50.6. The number of fused-ring (bicyclic) bond motifs is 3. The van der Waals surface area contributed by atoms with E-state index in [9.17, 15) is 101 Å². The molecular weight excluding hydrogens is 1810 g/mol. The molecule has 141 heavy (non-hydrogen) atoms. The Balaban J connectivity index is 0.000000259. The molecule has 21 amide bonds. The largest absolute Gasteiger partial charge is 0.363 e. The molecule has 10 aliphatic rings. The van der Waals surface area contributed by atoms with Gasteiger partial charge in [-0.3, -0.25) is 101 Å². The van der Waals surface area contributed by atoms with Crippen molar-refractivity contribution in [3.8, 4) is 0 Å². The van der Waals surface area contributed by atoms with Crippen LogP contribution in [0.15, 0.2) is 12.7 Å². The average Bonchev–Trinajstić information content (AvgIpc) is 1.53. The number of hydrogen-bond acceptors (Lipinski definition) is 21. The van der Waals surface area contributed by atoms with Gasteiger partial charge in [-0.15, -0.1) is 6.58 Å². The Morgan fingerprint density at radius 3 is 0.894 bits per heavy atom. The number of hydrogen-bond donors (Lipinski definition) is 12. The van der Waals surface area contributed by atoms with Gasteiger partial charge in [-0.05, 0) is 129 Å². The zero-order chi connectivity index (χ0) is 107. The van der Waals surface area contributed by atoms with Crippen LogP contribution in [0.3, 0.4) is 0 Å². The van der Waals surface area contributed by atoms with Gasteiger partial charge in [-0.25, -0.2) is 14.4 Å². The number of piperidine rings is 6. The van der Waals surface area contributed by atoms with E-state index in [4.69, 9.17) is 11.5 Å². The third-order valence-electron chi connectivity index (χ3n) is 31.0. The van der Waals surface area contributed by atoms with Crippen molar-refractivity contribution < 1.29 is 101 Å². The number of ketones is 3. The van der Waals surface area contributed by atoms with E-state index in [1.165, 1.54) is 35.5 Å². The van der Waals surface area contributed by atoms with Crippen LogP contribution in [0.25, 0.3) is 0 Å². The van der Waals surface area contributed by atoms with E-state index in [2.05, 4.69) is 59.7 Å². The summed E-state index contributed by atoms with van der Waals surface area (Å²) in [7, 11) is 0. The van der Waals surface area contributed by atoms with E-state index in [1.54, 1.807) is 0 Å². The Morgan fingerprint density at radius 1 is 0.376 bits per heavy atom. The summed E-state index contributed by atoms with van der Waals surface area (Å²) in [6.45, 7) is 54.0. The molecule has 0 bridgehead atoms. The predicted molar refractivity (Wildman–Crippen MR) is 524 cm³/mol. The van der Waals surface area contributed by atoms with Crippen LogP contribution in [0.5, 0.6) is 0 Å². The summed E-state index contributed by atoms with van der Waals surface area (Å²) in [5.74, 6) is -10.1. The fraction of sp³-hybridized carbons (Fsp3) is 0.775. The second-order valence-electron chi connectivity index (χ2n) is 48.9. The van der Waals surface area contributed by atoms with Crippen molar-refractivity contribution in [2.24, 2.45) is 102 Å². The van der Waals surface area contributed by atoms with E-state index in [0.29, 0.717) is 58.2 Å². The third-order valence-corrected chi connectivity index (χ3v) is 31.0. The molecule has 39 heteroatoms. The molecule has 4 aliphatic carbocycles. The summed E-state index contributed by atoms with van der Waals surface area (Å²) in [5, 5.41) is 28.0. The molecule has 0 aromatic heterocycles. The van der Waals surface area contributed by atoms with Gasteiger partial charge in [0.2, 0.25) is 88.2 Å². The highest BCUT2D eigenvalue weighted by molar-refractivity contribution is 6.39. The molecule has 18 atom stereocenters. The summed E-state index contributed by atoms with van der Waals surface area (Å²) in [4.78, 5) is 283. The fourth-order valence-electron chi connectivity index (χ4n) is 21.1. The topological polar surface area (TPSA) is 550 Å². The molecule has 3 unspecified atom stereocenters. The Hall–Kier alpha value is -10.8. The first kappa shape index (κ1) is 115. The molecule has 0 spiro atoms. The summed E-state index contributed by atoms with van der Waals surface area (Å²) in [6.07, 6.45) is 10.2. The van der Waals surface area contributed by atoms with Gasteiger partial charge in [0, 0.05) is 84.3 Å². The number of nitrogens with zero attached hydrogens (tertiary/aromatic N) is 6. The van der Waals surface area contributed by atoms with Gasteiger partial charge < -0.3 is 79.3 Å². The lowest BCUT2D eigenvalue weighted by Gasteiger charge is -2.39. The normalized spacial score (nSPS) is 24.7. The number of primary amides is 2. The summed E-state index contributed by atoms with van der Waals surface area (Å²) < 4.78 is 0. The van der Waals surface area contributed by atoms with Crippen molar-refractivity contribution in [1.29, 1.82) is 0 Å². The van der Waals surface area contributed by atoms with Crippen molar-refractivity contribution in [2.45, 2.75) is 368 Å². The van der Waals surface area contributed by atoms with E-state index in [0.717, 1.165) is 25.7 Å². The lowest BCUT2D eigenvalue weighted by molar-refractivity contribution is -0.150. The smallest absolute Gasteiger partial charge is 0.315 e. The number of nitrogens with one attached hydrogen (secondary N) is 10. The second kappa shape index (κ2) is 45.0. The van der Waals surface area contributed by atoms with E-state index in [-0.39, 0.29) is 171 Å². The molecule has 39 nitrogen and oxygen atoms in total. The standard InChI is InChI=1S/C35H56N6O7.C34H54N6O7.C33H54N6O7/c1-11-14-21(27(44)30(46)36-17-12-2)37-29(45)26-25-20(35(25,9)10)18-41(26)31(47)28(34(6,7)8)39-32(48)38-22(33(3,4)5)19-40-23(42)15-13-16-24(40)43;1-32(2,3)21(17-39-22(41)13-10-14-23(39)42)37-31(47)38-27(33(4,5)6)30(46)40-16-19-24(34(19,7)8)25(40)29(45)36-20(26(43)28(35)44)15-18-11-9-12-18;1-10-11-13-19(25(42)27(34)43)35-28(44)24-23-18(33(23,8)9)16-39(24)29(45)26(32(5,6)7)37-30(46)36-20(31(2,3)4)17-38-21(40)14-12-15-22(38)41/h12,20-22,25-26,28H,2,11,13-19H2,1,3-10H3,(H,36,46)(H,37,45)(H2,38,39,48);18-21,24-25,27H,9-17H2,1-8H3,(H2,35,44)(H,36,45)(H2,37,38,47);18-20,23-24,26H,10-17H2,1-9H3,(H2,34,43)(H,35,44)(H2,36,37,46)/t20-,21?,22+,25-,26-,28+;19-,20?,21+,24-,25-,27+;18-,19?,20+,23-,24-,26+/m000/s1. The monoisotopic (exact) mass is 1980 g/mol. The Labute approximate surface area is 831 Å². The number of amides is 21. The van der Waals surface area contributed by atoms with Gasteiger partial charge in [0.05, 0.1) is 36.3 Å². The number of carbonyl (C=O) groups is 21. The number of rotatable bonds is 36. The maximum Gasteiger partial charge on any atom is 0.315 e. The maximum atomic E-state index is 14.3. The molecular formula is C102H164N18O21. The average molecular weight is 1980 g/mol. The van der Waals surface area contributed by atoms with Gasteiger partial charge in [0.15, 0.2) is 0 Å². The van der Waals surface area contributed by atoms with Crippen LogP contribution in [-0.4, -0.2) is 272 Å². The highest BCUT2D eigenvalue weighted by Crippen LogP contribution is 2.67. The zero-order valence-electron chi connectivity index (χ0n) is 88.3. The zero-order valence-corrected chi connectivity index (χ0v) is 88.3. The van der Waals surface area contributed by atoms with Crippen molar-refractivity contribution >= 4 is 124 Å². The SMILES string of the molecule is C=CCNC(=O)C(=O)C(CCC)NC(=O)[C@@H]1[C@@H]2[C@H](CN1C(=O)[C@@H](NC(=O)N[C@H](CN1C(=O)CCCC1=O)C(C)(C)C)C(C)(C)C)C2(C)C.CC(C)(C)[C@H](NC(=O)N[C@H](CN1C(=O)CCCC1=O)C(C)(C)C)C(=O)N1C[C@H]2[C@@H]([C@H]1C(=O)NC(CC1CCC1)C(=O)C(N)=O)C2(C)C.CCCCC(NC(=O)[C@@H]1[C@@H]2[C@H](CN1C(=O)[C@@H](NC(=O)N[C@H](CN1C(=O)CCCC1=O)C(C)(C)C)C(C)(C)C)C2(C)C)C(=O)C(N)=O. The number of imide groups is 3. The fourth-order valence-corrected chi connectivity index (χ4v) is 21.1.